The highest BCUT2D eigenvalue weighted by Crippen LogP contribution is 2.08. The zero-order valence-corrected chi connectivity index (χ0v) is 14.2. The minimum atomic E-state index is 0. The van der Waals surface area contributed by atoms with Crippen molar-refractivity contribution in [2.45, 2.75) is 45.2 Å². The highest BCUT2D eigenvalue weighted by Gasteiger charge is 2.11. The first kappa shape index (κ1) is 17.7. The number of rotatable bonds is 4. The molecule has 0 spiro atoms. The Kier molecular flexibility index (Phi) is 8.60. The third-order valence-corrected chi connectivity index (χ3v) is 2.65. The van der Waals surface area contributed by atoms with Gasteiger partial charge in [-0.15, -0.1) is 24.0 Å². The van der Waals surface area contributed by atoms with Crippen LogP contribution in [-0.4, -0.2) is 37.7 Å². The molecule has 0 aromatic rings. The van der Waals surface area contributed by atoms with E-state index in [-0.39, 0.29) is 29.5 Å². The Labute approximate surface area is 128 Å². The summed E-state index contributed by atoms with van der Waals surface area (Å²) in [5.74, 6) is 0.898. The SMILES string of the molecule is CN=C(NCCNC(C)(C)C)NC1CC=CC1.I. The van der Waals surface area contributed by atoms with Crippen LogP contribution in [0.15, 0.2) is 17.1 Å². The molecule has 0 saturated heterocycles. The normalized spacial score (nSPS) is 16.6. The summed E-state index contributed by atoms with van der Waals surface area (Å²) in [5, 5.41) is 10.2. The molecular weight excluding hydrogens is 339 g/mol. The van der Waals surface area contributed by atoms with Gasteiger partial charge in [-0.05, 0) is 33.6 Å². The molecule has 0 atom stereocenters. The lowest BCUT2D eigenvalue weighted by Gasteiger charge is -2.22. The van der Waals surface area contributed by atoms with E-state index < -0.39 is 0 Å². The van der Waals surface area contributed by atoms with Gasteiger partial charge >= 0.3 is 0 Å². The maximum absolute atomic E-state index is 4.22. The molecule has 18 heavy (non-hydrogen) atoms. The number of hydrogen-bond donors (Lipinski definition) is 3. The van der Waals surface area contributed by atoms with E-state index in [1.807, 2.05) is 7.05 Å². The van der Waals surface area contributed by atoms with Gasteiger partial charge in [0.1, 0.15) is 0 Å². The third-order valence-electron chi connectivity index (χ3n) is 2.65. The second-order valence-corrected chi connectivity index (χ2v) is 5.46. The summed E-state index contributed by atoms with van der Waals surface area (Å²) in [6, 6.07) is 0.511. The van der Waals surface area contributed by atoms with Crippen molar-refractivity contribution in [2.75, 3.05) is 20.1 Å². The van der Waals surface area contributed by atoms with Gasteiger partial charge in [-0.1, -0.05) is 12.2 Å². The summed E-state index contributed by atoms with van der Waals surface area (Å²) in [4.78, 5) is 4.22. The van der Waals surface area contributed by atoms with Crippen molar-refractivity contribution >= 4 is 29.9 Å². The van der Waals surface area contributed by atoms with Crippen molar-refractivity contribution in [3.05, 3.63) is 12.2 Å². The molecule has 4 nitrogen and oxygen atoms in total. The monoisotopic (exact) mass is 366 g/mol. The molecule has 106 valence electrons. The van der Waals surface area contributed by atoms with Crippen molar-refractivity contribution in [2.24, 2.45) is 4.99 Å². The molecular formula is C13H27IN4. The van der Waals surface area contributed by atoms with Gasteiger partial charge in [0.15, 0.2) is 5.96 Å². The molecule has 0 unspecified atom stereocenters. The van der Waals surface area contributed by atoms with E-state index in [1.54, 1.807) is 0 Å². The highest BCUT2D eigenvalue weighted by atomic mass is 127. The summed E-state index contributed by atoms with van der Waals surface area (Å²) < 4.78 is 0. The Morgan fingerprint density at radius 2 is 1.83 bits per heavy atom. The lowest BCUT2D eigenvalue weighted by Crippen LogP contribution is -2.46. The molecule has 1 aliphatic rings. The maximum atomic E-state index is 4.22. The van der Waals surface area contributed by atoms with Crippen LogP contribution in [-0.2, 0) is 0 Å². The predicted molar refractivity (Wildman–Crippen MR) is 89.8 cm³/mol. The molecule has 0 radical (unpaired) electrons. The van der Waals surface area contributed by atoms with Gasteiger partial charge in [-0.2, -0.15) is 0 Å². The fraction of sp³-hybridized carbons (Fsp3) is 0.769. The van der Waals surface area contributed by atoms with Gasteiger partial charge in [0, 0.05) is 31.7 Å². The Morgan fingerprint density at radius 3 is 2.33 bits per heavy atom. The molecule has 5 heteroatoms. The largest absolute Gasteiger partial charge is 0.355 e. The maximum Gasteiger partial charge on any atom is 0.191 e. The summed E-state index contributed by atoms with van der Waals surface area (Å²) in [7, 11) is 1.81. The van der Waals surface area contributed by atoms with Crippen LogP contribution in [0.5, 0.6) is 0 Å². The molecule has 0 aliphatic heterocycles. The predicted octanol–water partition coefficient (Wildman–Crippen LogP) is 1.88. The van der Waals surface area contributed by atoms with Crippen molar-refractivity contribution in [1.82, 2.24) is 16.0 Å². The van der Waals surface area contributed by atoms with E-state index in [2.05, 4.69) is 53.9 Å². The second-order valence-electron chi connectivity index (χ2n) is 5.46. The minimum absolute atomic E-state index is 0. The van der Waals surface area contributed by atoms with E-state index in [1.165, 1.54) is 0 Å². The van der Waals surface area contributed by atoms with Crippen LogP contribution >= 0.6 is 24.0 Å². The van der Waals surface area contributed by atoms with Crippen LogP contribution in [0.3, 0.4) is 0 Å². The van der Waals surface area contributed by atoms with Crippen molar-refractivity contribution in [1.29, 1.82) is 0 Å². The number of aliphatic imine (C=N–C) groups is 1. The quantitative estimate of drug-likeness (QED) is 0.234. The van der Waals surface area contributed by atoms with Crippen molar-refractivity contribution in [3.63, 3.8) is 0 Å². The Balaban J connectivity index is 0.00000289. The second kappa shape index (κ2) is 8.74. The first-order valence-corrected chi connectivity index (χ1v) is 6.38. The van der Waals surface area contributed by atoms with Crippen LogP contribution in [0.25, 0.3) is 0 Å². The lowest BCUT2D eigenvalue weighted by molar-refractivity contribution is 0.428. The molecule has 3 N–H and O–H groups in total. The minimum Gasteiger partial charge on any atom is -0.355 e. The van der Waals surface area contributed by atoms with Gasteiger partial charge in [0.25, 0.3) is 0 Å². The van der Waals surface area contributed by atoms with Gasteiger partial charge in [-0.25, -0.2) is 0 Å². The molecule has 0 fully saturated rings. The molecule has 0 aromatic heterocycles. The van der Waals surface area contributed by atoms with E-state index in [9.17, 15) is 0 Å². The molecule has 0 amide bonds. The summed E-state index contributed by atoms with van der Waals surface area (Å²) >= 11 is 0. The molecule has 0 heterocycles. The van der Waals surface area contributed by atoms with Gasteiger partial charge in [-0.3, -0.25) is 4.99 Å². The van der Waals surface area contributed by atoms with Crippen LogP contribution in [0.4, 0.5) is 0 Å². The number of guanidine groups is 1. The standard InChI is InChI=1S/C13H26N4.HI/c1-13(2,3)16-10-9-15-12(14-4)17-11-7-5-6-8-11;/h5-6,11,16H,7-10H2,1-4H3,(H2,14,15,17);1H. The molecule has 0 saturated carbocycles. The van der Waals surface area contributed by atoms with Gasteiger partial charge in [0.05, 0.1) is 0 Å². The first-order chi connectivity index (χ1) is 8.01. The van der Waals surface area contributed by atoms with Gasteiger partial charge < -0.3 is 16.0 Å². The van der Waals surface area contributed by atoms with Crippen LogP contribution < -0.4 is 16.0 Å². The Hall–Kier alpha value is -0.300. The van der Waals surface area contributed by atoms with E-state index in [0.29, 0.717) is 6.04 Å². The fourth-order valence-electron chi connectivity index (χ4n) is 1.74. The Morgan fingerprint density at radius 1 is 1.22 bits per heavy atom. The zero-order chi connectivity index (χ0) is 12.7. The molecule has 1 aliphatic carbocycles. The number of nitrogens with one attached hydrogen (secondary N) is 3. The lowest BCUT2D eigenvalue weighted by atomic mass is 10.1. The zero-order valence-electron chi connectivity index (χ0n) is 11.9. The summed E-state index contributed by atoms with van der Waals surface area (Å²) in [6.07, 6.45) is 6.63. The summed E-state index contributed by atoms with van der Waals surface area (Å²) in [6.45, 7) is 8.34. The van der Waals surface area contributed by atoms with E-state index in [4.69, 9.17) is 0 Å². The van der Waals surface area contributed by atoms with Crippen molar-refractivity contribution in [3.8, 4) is 0 Å². The number of halogens is 1. The topological polar surface area (TPSA) is 48.5 Å². The Bertz CT molecular complexity index is 273. The highest BCUT2D eigenvalue weighted by molar-refractivity contribution is 14.0. The van der Waals surface area contributed by atoms with Crippen LogP contribution in [0.1, 0.15) is 33.6 Å². The van der Waals surface area contributed by atoms with Crippen LogP contribution in [0.2, 0.25) is 0 Å². The first-order valence-electron chi connectivity index (χ1n) is 6.38. The number of nitrogens with zero attached hydrogens (tertiary/aromatic N) is 1. The van der Waals surface area contributed by atoms with Gasteiger partial charge in [0.2, 0.25) is 0 Å². The smallest absolute Gasteiger partial charge is 0.191 e. The van der Waals surface area contributed by atoms with E-state index in [0.717, 1.165) is 31.9 Å². The fourth-order valence-corrected chi connectivity index (χ4v) is 1.74. The third kappa shape index (κ3) is 7.92. The van der Waals surface area contributed by atoms with Crippen LogP contribution in [0, 0.1) is 0 Å². The van der Waals surface area contributed by atoms with Crippen molar-refractivity contribution < 1.29 is 0 Å². The molecule has 1 rings (SSSR count). The average Bonchev–Trinajstić information content (AvgIpc) is 2.73. The van der Waals surface area contributed by atoms with E-state index >= 15 is 0 Å². The molecule has 0 bridgehead atoms. The summed E-state index contributed by atoms with van der Waals surface area (Å²) in [5.41, 5.74) is 0.175. The number of hydrogen-bond acceptors (Lipinski definition) is 2. The molecule has 0 aromatic carbocycles. The average molecular weight is 366 g/mol.